The van der Waals surface area contributed by atoms with E-state index in [0.717, 1.165) is 23.3 Å². The van der Waals surface area contributed by atoms with Crippen molar-refractivity contribution in [2.45, 2.75) is 6.42 Å². The summed E-state index contributed by atoms with van der Waals surface area (Å²) in [4.78, 5) is 35.5. The van der Waals surface area contributed by atoms with E-state index in [2.05, 4.69) is 36.0 Å². The number of halogens is 1. The van der Waals surface area contributed by atoms with E-state index in [1.54, 1.807) is 6.20 Å². The van der Waals surface area contributed by atoms with Crippen LogP contribution in [0.1, 0.15) is 27.1 Å². The summed E-state index contributed by atoms with van der Waals surface area (Å²) >= 11 is 3.45. The summed E-state index contributed by atoms with van der Waals surface area (Å²) in [7, 11) is 4.03. The Bertz CT molecular complexity index is 864. The number of rotatable bonds is 7. The van der Waals surface area contributed by atoms with Crippen LogP contribution in [0, 0.1) is 0 Å². The minimum Gasteiger partial charge on any atom is -0.353 e. The third-order valence-corrected chi connectivity index (χ3v) is 5.76. The van der Waals surface area contributed by atoms with Crippen molar-refractivity contribution in [1.82, 2.24) is 20.1 Å². The fourth-order valence-electron chi connectivity index (χ4n) is 3.35. The SMILES string of the molecule is CN(C)CCCNC(=O)c1ccc(N2CCN(C(=O)c3ccccc3Br)CC2)nc1. The number of benzene rings is 1. The topological polar surface area (TPSA) is 68.8 Å². The molecule has 0 unspecified atom stereocenters. The van der Waals surface area contributed by atoms with E-state index >= 15 is 0 Å². The van der Waals surface area contributed by atoms with Crippen LogP contribution in [0.15, 0.2) is 47.1 Å². The predicted octanol–water partition coefficient (Wildman–Crippen LogP) is 2.49. The van der Waals surface area contributed by atoms with Crippen LogP contribution in [-0.2, 0) is 0 Å². The Morgan fingerprint density at radius 3 is 2.47 bits per heavy atom. The number of amides is 2. The summed E-state index contributed by atoms with van der Waals surface area (Å²) < 4.78 is 0.815. The van der Waals surface area contributed by atoms with E-state index < -0.39 is 0 Å². The van der Waals surface area contributed by atoms with Crippen molar-refractivity contribution in [3.05, 3.63) is 58.2 Å². The number of carbonyl (C=O) groups is 2. The van der Waals surface area contributed by atoms with Crippen LogP contribution in [0.4, 0.5) is 5.82 Å². The van der Waals surface area contributed by atoms with E-state index in [1.165, 1.54) is 0 Å². The zero-order chi connectivity index (χ0) is 21.5. The molecule has 1 saturated heterocycles. The minimum atomic E-state index is -0.100. The third-order valence-electron chi connectivity index (χ3n) is 5.07. The second-order valence-electron chi connectivity index (χ2n) is 7.58. The molecule has 1 aromatic heterocycles. The monoisotopic (exact) mass is 473 g/mol. The summed E-state index contributed by atoms with van der Waals surface area (Å²) in [6, 6.07) is 11.2. The molecular weight excluding hydrogens is 446 g/mol. The van der Waals surface area contributed by atoms with Crippen molar-refractivity contribution < 1.29 is 9.59 Å². The van der Waals surface area contributed by atoms with Crippen LogP contribution in [0.3, 0.4) is 0 Å². The number of piperazine rings is 1. The second-order valence-corrected chi connectivity index (χ2v) is 8.43. The number of nitrogens with zero attached hydrogens (tertiary/aromatic N) is 4. The van der Waals surface area contributed by atoms with Gasteiger partial charge >= 0.3 is 0 Å². The van der Waals surface area contributed by atoms with Gasteiger partial charge in [0.2, 0.25) is 0 Å². The average molecular weight is 474 g/mol. The largest absolute Gasteiger partial charge is 0.353 e. The van der Waals surface area contributed by atoms with Gasteiger partial charge in [-0.1, -0.05) is 12.1 Å². The van der Waals surface area contributed by atoms with Crippen LogP contribution in [-0.4, -0.2) is 80.0 Å². The summed E-state index contributed by atoms with van der Waals surface area (Å²) in [6.07, 6.45) is 2.53. The molecule has 0 atom stereocenters. The van der Waals surface area contributed by atoms with Crippen LogP contribution in [0.25, 0.3) is 0 Å². The van der Waals surface area contributed by atoms with Gasteiger partial charge in [0.25, 0.3) is 11.8 Å². The van der Waals surface area contributed by atoms with Crippen molar-refractivity contribution in [3.8, 4) is 0 Å². The fraction of sp³-hybridized carbons (Fsp3) is 0.409. The molecule has 0 saturated carbocycles. The molecule has 2 heterocycles. The number of carbonyl (C=O) groups excluding carboxylic acids is 2. The van der Waals surface area contributed by atoms with Crippen molar-refractivity contribution in [2.24, 2.45) is 0 Å². The molecular formula is C22H28BrN5O2. The van der Waals surface area contributed by atoms with E-state index in [-0.39, 0.29) is 11.8 Å². The number of aromatic nitrogens is 1. The zero-order valence-electron chi connectivity index (χ0n) is 17.5. The second kappa shape index (κ2) is 10.5. The highest BCUT2D eigenvalue weighted by Crippen LogP contribution is 2.20. The van der Waals surface area contributed by atoms with E-state index in [1.807, 2.05) is 55.4 Å². The molecule has 0 aliphatic carbocycles. The van der Waals surface area contributed by atoms with Crippen LogP contribution < -0.4 is 10.2 Å². The van der Waals surface area contributed by atoms with Gasteiger partial charge in [0.15, 0.2) is 0 Å². The van der Waals surface area contributed by atoms with Crippen molar-refractivity contribution in [2.75, 3.05) is 58.3 Å². The van der Waals surface area contributed by atoms with E-state index in [4.69, 9.17) is 0 Å². The Labute approximate surface area is 186 Å². The molecule has 0 radical (unpaired) electrons. The van der Waals surface area contributed by atoms with Crippen LogP contribution in [0.5, 0.6) is 0 Å². The quantitative estimate of drug-likeness (QED) is 0.625. The lowest BCUT2D eigenvalue weighted by Gasteiger charge is -2.35. The average Bonchev–Trinajstić information content (AvgIpc) is 2.76. The van der Waals surface area contributed by atoms with Crippen molar-refractivity contribution in [3.63, 3.8) is 0 Å². The summed E-state index contributed by atoms with van der Waals surface area (Å²) in [5, 5.41) is 2.92. The molecule has 2 aromatic rings. The summed E-state index contributed by atoms with van der Waals surface area (Å²) in [5.74, 6) is 0.764. The van der Waals surface area contributed by atoms with E-state index in [9.17, 15) is 9.59 Å². The highest BCUT2D eigenvalue weighted by atomic mass is 79.9. The van der Waals surface area contributed by atoms with E-state index in [0.29, 0.717) is 43.9 Å². The number of hydrogen-bond donors (Lipinski definition) is 1. The number of pyridine rings is 1. The van der Waals surface area contributed by atoms with Gasteiger partial charge in [-0.3, -0.25) is 9.59 Å². The lowest BCUT2D eigenvalue weighted by molar-refractivity contribution is 0.0745. The lowest BCUT2D eigenvalue weighted by Crippen LogP contribution is -2.49. The van der Waals surface area contributed by atoms with Gasteiger partial charge in [-0.15, -0.1) is 0 Å². The predicted molar refractivity (Wildman–Crippen MR) is 122 cm³/mol. The Balaban J connectivity index is 1.50. The fourth-order valence-corrected chi connectivity index (χ4v) is 3.80. The standard InChI is InChI=1S/C22H28BrN5O2/c1-26(2)11-5-10-24-21(29)17-8-9-20(25-16-17)27-12-14-28(15-13-27)22(30)18-6-3-4-7-19(18)23/h3-4,6-9,16H,5,10-15H2,1-2H3,(H,24,29). The first kappa shape index (κ1) is 22.2. The molecule has 1 aliphatic rings. The maximum absolute atomic E-state index is 12.7. The third kappa shape index (κ3) is 5.79. The molecule has 30 heavy (non-hydrogen) atoms. The molecule has 1 aromatic carbocycles. The highest BCUT2D eigenvalue weighted by Gasteiger charge is 2.24. The molecule has 1 N–H and O–H groups in total. The molecule has 8 heteroatoms. The van der Waals surface area contributed by atoms with Gasteiger partial charge < -0.3 is 20.0 Å². The van der Waals surface area contributed by atoms with Gasteiger partial charge in [-0.25, -0.2) is 4.98 Å². The maximum atomic E-state index is 12.7. The molecule has 0 spiro atoms. The molecule has 2 amide bonds. The summed E-state index contributed by atoms with van der Waals surface area (Å²) in [5.41, 5.74) is 1.25. The molecule has 3 rings (SSSR count). The molecule has 1 fully saturated rings. The minimum absolute atomic E-state index is 0.0383. The Kier molecular flexibility index (Phi) is 7.81. The first-order valence-corrected chi connectivity index (χ1v) is 10.9. The Hall–Kier alpha value is -2.45. The zero-order valence-corrected chi connectivity index (χ0v) is 19.1. The van der Waals surface area contributed by atoms with Gasteiger partial charge in [-0.05, 0) is 67.3 Å². The van der Waals surface area contributed by atoms with Crippen molar-refractivity contribution >= 4 is 33.6 Å². The molecule has 160 valence electrons. The number of hydrogen-bond acceptors (Lipinski definition) is 5. The maximum Gasteiger partial charge on any atom is 0.255 e. The van der Waals surface area contributed by atoms with Crippen LogP contribution >= 0.6 is 15.9 Å². The first-order valence-electron chi connectivity index (χ1n) is 10.1. The molecule has 0 bridgehead atoms. The summed E-state index contributed by atoms with van der Waals surface area (Å²) in [6.45, 7) is 4.27. The number of anilines is 1. The molecule has 1 aliphatic heterocycles. The lowest BCUT2D eigenvalue weighted by atomic mass is 10.2. The van der Waals surface area contributed by atoms with Gasteiger partial charge in [-0.2, -0.15) is 0 Å². The number of nitrogens with one attached hydrogen (secondary N) is 1. The van der Waals surface area contributed by atoms with Gasteiger partial charge in [0.05, 0.1) is 11.1 Å². The first-order chi connectivity index (χ1) is 14.5. The smallest absolute Gasteiger partial charge is 0.255 e. The van der Waals surface area contributed by atoms with Gasteiger partial charge in [0.1, 0.15) is 5.82 Å². The van der Waals surface area contributed by atoms with Crippen molar-refractivity contribution in [1.29, 1.82) is 0 Å². The normalized spacial score (nSPS) is 14.1. The molecule has 7 nitrogen and oxygen atoms in total. The van der Waals surface area contributed by atoms with Gasteiger partial charge in [0, 0.05) is 43.4 Å². The Morgan fingerprint density at radius 1 is 1.10 bits per heavy atom. The van der Waals surface area contributed by atoms with Crippen LogP contribution in [0.2, 0.25) is 0 Å². The Morgan fingerprint density at radius 2 is 1.83 bits per heavy atom. The highest BCUT2D eigenvalue weighted by molar-refractivity contribution is 9.10.